The minimum Gasteiger partial charge on any atom is -0.481 e. The monoisotopic (exact) mass is 617 g/mol. The molecule has 1 rings (SSSR count). The lowest BCUT2D eigenvalue weighted by atomic mass is 10.1. The van der Waals surface area contributed by atoms with Gasteiger partial charge in [0.2, 0.25) is 35.4 Å². The first kappa shape index (κ1) is 36.7. The van der Waals surface area contributed by atoms with E-state index in [9.17, 15) is 48.6 Å². The van der Waals surface area contributed by atoms with Gasteiger partial charge in [-0.3, -0.25) is 33.6 Å². The van der Waals surface area contributed by atoms with Gasteiger partial charge in [-0.05, 0) is 33.1 Å². The van der Waals surface area contributed by atoms with Gasteiger partial charge in [0.05, 0.1) is 31.2 Å². The summed E-state index contributed by atoms with van der Waals surface area (Å²) in [4.78, 5) is 98.0. The molecule has 19 heteroatoms. The average molecular weight is 618 g/mol. The summed E-state index contributed by atoms with van der Waals surface area (Å²) in [5, 5.41) is 46.4. The Morgan fingerprint density at radius 3 is 2.02 bits per heavy atom. The van der Waals surface area contributed by atoms with Gasteiger partial charge in [0, 0.05) is 13.0 Å². The number of amides is 6. The highest BCUT2D eigenvalue weighted by atomic mass is 16.4. The number of hydrogen-bond donors (Lipinski definition) is 10. The van der Waals surface area contributed by atoms with Crippen molar-refractivity contribution in [2.75, 3.05) is 13.1 Å². The molecule has 0 radical (unpaired) electrons. The van der Waals surface area contributed by atoms with Crippen LogP contribution in [0.25, 0.3) is 0 Å². The fourth-order valence-corrected chi connectivity index (χ4v) is 4.17. The summed E-state index contributed by atoms with van der Waals surface area (Å²) in [6.45, 7) is 1.61. The van der Waals surface area contributed by atoms with E-state index in [0.29, 0.717) is 6.42 Å². The molecule has 7 atom stereocenters. The molecule has 1 fully saturated rings. The zero-order valence-electron chi connectivity index (χ0n) is 23.6. The van der Waals surface area contributed by atoms with Crippen LogP contribution in [-0.4, -0.2) is 128 Å². The van der Waals surface area contributed by atoms with Crippen LogP contribution in [0.5, 0.6) is 0 Å². The fraction of sp³-hybridized carbons (Fsp3) is 0.667. The van der Waals surface area contributed by atoms with Crippen molar-refractivity contribution >= 4 is 47.4 Å². The molecule has 0 spiro atoms. The number of aliphatic hydroxyl groups is 2. The number of nitrogens with one attached hydrogen (secondary N) is 4. The molecule has 1 saturated heterocycles. The lowest BCUT2D eigenvalue weighted by Gasteiger charge is -2.29. The molecule has 1 aliphatic heterocycles. The van der Waals surface area contributed by atoms with Crippen LogP contribution < -0.4 is 32.7 Å². The normalized spacial score (nSPS) is 18.6. The first-order valence-electron chi connectivity index (χ1n) is 13.3. The molecule has 12 N–H and O–H groups in total. The number of rotatable bonds is 17. The third-order valence-electron chi connectivity index (χ3n) is 6.41. The highest BCUT2D eigenvalue weighted by molar-refractivity contribution is 5.96. The predicted molar refractivity (Wildman–Crippen MR) is 143 cm³/mol. The smallest absolute Gasteiger partial charge is 0.328 e. The Kier molecular flexibility index (Phi) is 14.4. The maximum Gasteiger partial charge on any atom is 0.328 e. The molecule has 0 unspecified atom stereocenters. The Morgan fingerprint density at radius 1 is 0.907 bits per heavy atom. The quantitative estimate of drug-likeness (QED) is 0.0729. The average Bonchev–Trinajstić information content (AvgIpc) is 3.39. The Hall–Kier alpha value is -4.36. The summed E-state index contributed by atoms with van der Waals surface area (Å²) in [6.07, 6.45) is -3.86. The molecule has 1 heterocycles. The van der Waals surface area contributed by atoms with Gasteiger partial charge in [-0.1, -0.05) is 0 Å². The van der Waals surface area contributed by atoms with E-state index in [-0.39, 0.29) is 19.4 Å². The zero-order chi connectivity index (χ0) is 33.0. The molecule has 0 aromatic carbocycles. The lowest BCUT2D eigenvalue weighted by Crippen LogP contribution is -2.60. The number of nitrogens with zero attached hydrogens (tertiary/aromatic N) is 1. The number of primary amides is 1. The van der Waals surface area contributed by atoms with E-state index in [0.717, 1.165) is 18.7 Å². The molecule has 0 aromatic rings. The number of carbonyl (C=O) groups excluding carboxylic acids is 6. The third kappa shape index (κ3) is 11.8. The van der Waals surface area contributed by atoms with Gasteiger partial charge in [-0.25, -0.2) is 4.79 Å². The second-order valence-electron chi connectivity index (χ2n) is 10.0. The molecule has 19 nitrogen and oxygen atoms in total. The van der Waals surface area contributed by atoms with Crippen LogP contribution in [-0.2, 0) is 38.4 Å². The number of nitrogens with two attached hydrogens (primary N) is 2. The zero-order valence-corrected chi connectivity index (χ0v) is 23.6. The molecule has 0 aliphatic carbocycles. The van der Waals surface area contributed by atoms with Gasteiger partial charge in [0.25, 0.3) is 0 Å². The largest absolute Gasteiger partial charge is 0.481 e. The molecule has 1 aliphatic rings. The number of aliphatic hydroxyl groups excluding tert-OH is 2. The maximum atomic E-state index is 13.1. The predicted octanol–water partition coefficient (Wildman–Crippen LogP) is -5.54. The van der Waals surface area contributed by atoms with Crippen molar-refractivity contribution in [2.24, 2.45) is 11.5 Å². The van der Waals surface area contributed by atoms with E-state index in [1.807, 2.05) is 5.32 Å². The van der Waals surface area contributed by atoms with Crippen molar-refractivity contribution in [1.82, 2.24) is 26.2 Å². The van der Waals surface area contributed by atoms with Crippen LogP contribution in [0.4, 0.5) is 0 Å². The molecule has 0 aromatic heterocycles. The Morgan fingerprint density at radius 2 is 1.51 bits per heavy atom. The van der Waals surface area contributed by atoms with Crippen LogP contribution >= 0.6 is 0 Å². The summed E-state index contributed by atoms with van der Waals surface area (Å²) >= 11 is 0. The van der Waals surface area contributed by atoms with Crippen molar-refractivity contribution in [3.05, 3.63) is 0 Å². The Bertz CT molecular complexity index is 1080. The number of carbonyl (C=O) groups is 8. The summed E-state index contributed by atoms with van der Waals surface area (Å²) in [5.41, 5.74) is 10.8. The van der Waals surface area contributed by atoms with E-state index in [4.69, 9.17) is 21.7 Å². The van der Waals surface area contributed by atoms with E-state index >= 15 is 0 Å². The van der Waals surface area contributed by atoms with Gasteiger partial charge in [0.1, 0.15) is 18.1 Å². The summed E-state index contributed by atoms with van der Waals surface area (Å²) < 4.78 is 0. The Labute approximate surface area is 245 Å². The minimum absolute atomic E-state index is 0.100. The SMILES string of the molecule is C[C@@H](O)[C@H](NC(=O)CNC(=O)[C@H](CCC(N)=O)NC(=O)[C@@H](NC(=O)[C@@H]1CCCN1C(=O)[C@@H](N)CC(=O)O)[C@@H](C)O)C(=O)O. The number of hydrogen-bond acceptors (Lipinski definition) is 11. The van der Waals surface area contributed by atoms with Crippen molar-refractivity contribution in [3.8, 4) is 0 Å². The Balaban J connectivity index is 2.96. The molecule has 0 bridgehead atoms. The van der Waals surface area contributed by atoms with Crippen LogP contribution in [0.3, 0.4) is 0 Å². The molecule has 43 heavy (non-hydrogen) atoms. The first-order valence-corrected chi connectivity index (χ1v) is 13.3. The van der Waals surface area contributed by atoms with Crippen LogP contribution in [0.1, 0.15) is 46.0 Å². The number of likely N-dealkylation sites (tertiary alicyclic amines) is 1. The fourth-order valence-electron chi connectivity index (χ4n) is 4.17. The summed E-state index contributed by atoms with van der Waals surface area (Å²) in [7, 11) is 0. The van der Waals surface area contributed by atoms with E-state index in [1.54, 1.807) is 0 Å². The second kappa shape index (κ2) is 16.9. The van der Waals surface area contributed by atoms with Gasteiger partial charge in [0.15, 0.2) is 6.04 Å². The van der Waals surface area contributed by atoms with Crippen LogP contribution in [0.2, 0.25) is 0 Å². The van der Waals surface area contributed by atoms with E-state index in [1.165, 1.54) is 0 Å². The number of carboxylic acid groups (broad SMARTS) is 2. The molecule has 0 saturated carbocycles. The van der Waals surface area contributed by atoms with Crippen LogP contribution in [0, 0.1) is 0 Å². The topological polar surface area (TPSA) is 321 Å². The molecule has 242 valence electrons. The van der Waals surface area contributed by atoms with Crippen LogP contribution in [0.15, 0.2) is 0 Å². The van der Waals surface area contributed by atoms with Crippen molar-refractivity contribution in [2.45, 2.75) is 88.4 Å². The minimum atomic E-state index is -1.66. The number of aliphatic carboxylic acids is 2. The third-order valence-corrected chi connectivity index (χ3v) is 6.41. The summed E-state index contributed by atoms with van der Waals surface area (Å²) in [5.74, 6) is -8.37. The van der Waals surface area contributed by atoms with Crippen molar-refractivity contribution < 1.29 is 58.8 Å². The second-order valence-corrected chi connectivity index (χ2v) is 10.0. The van der Waals surface area contributed by atoms with E-state index in [2.05, 4.69) is 16.0 Å². The number of carboxylic acids is 2. The molecule has 6 amide bonds. The van der Waals surface area contributed by atoms with Crippen molar-refractivity contribution in [3.63, 3.8) is 0 Å². The van der Waals surface area contributed by atoms with Gasteiger partial charge in [-0.2, -0.15) is 0 Å². The highest BCUT2D eigenvalue weighted by Gasteiger charge is 2.39. The molecular weight excluding hydrogens is 578 g/mol. The van der Waals surface area contributed by atoms with Gasteiger partial charge in [-0.15, -0.1) is 0 Å². The van der Waals surface area contributed by atoms with Gasteiger partial charge < -0.3 is 58.1 Å². The molecular formula is C24H39N7O12. The standard InChI is InChI=1S/C24H39N7O12/c1-10(32)18(30-21(39)14-4-3-7-31(14)23(41)12(25)8-17(36)37)22(40)28-13(5-6-15(26)34)20(38)27-9-16(35)29-19(11(2)33)24(42)43/h10-14,18-19,32-33H,3-9,25H2,1-2H3,(H2,26,34)(H,27,38)(H,28,40)(H,29,35)(H,30,39)(H,36,37)(H,42,43)/t10-,11-,12+,13+,14+,18+,19+/m1/s1. The lowest BCUT2D eigenvalue weighted by molar-refractivity contribution is -0.144. The first-order chi connectivity index (χ1) is 20.0. The van der Waals surface area contributed by atoms with E-state index < -0.39 is 109 Å². The summed E-state index contributed by atoms with van der Waals surface area (Å²) in [6, 6.07) is -7.35. The maximum absolute atomic E-state index is 13.1. The highest BCUT2D eigenvalue weighted by Crippen LogP contribution is 2.19. The van der Waals surface area contributed by atoms with Gasteiger partial charge >= 0.3 is 11.9 Å². The van der Waals surface area contributed by atoms with Crippen molar-refractivity contribution in [1.29, 1.82) is 0 Å².